The van der Waals surface area contributed by atoms with Crippen LogP contribution in [0.1, 0.15) is 0 Å². The highest BCUT2D eigenvalue weighted by molar-refractivity contribution is 7.99. The van der Waals surface area contributed by atoms with Crippen molar-refractivity contribution in [2.75, 3.05) is 17.2 Å². The first-order chi connectivity index (χ1) is 8.95. The van der Waals surface area contributed by atoms with Crippen LogP contribution in [0.4, 0.5) is 23.0 Å². The second kappa shape index (κ2) is 4.98. The number of nitro benzene ring substituents is 1. The van der Waals surface area contributed by atoms with Gasteiger partial charge in [0.05, 0.1) is 10.6 Å². The van der Waals surface area contributed by atoms with Crippen LogP contribution in [0.2, 0.25) is 0 Å². The van der Waals surface area contributed by atoms with Gasteiger partial charge in [-0.05, 0) is 17.8 Å². The largest absolute Gasteiger partial charge is 0.398 e. The molecule has 1 aromatic heterocycles. The highest BCUT2D eigenvalue weighted by Crippen LogP contribution is 2.32. The smallest absolute Gasteiger partial charge is 0.271 e. The minimum Gasteiger partial charge on any atom is -0.398 e. The fourth-order valence-electron chi connectivity index (χ4n) is 1.35. The van der Waals surface area contributed by atoms with Gasteiger partial charge in [-0.1, -0.05) is 0 Å². The van der Waals surface area contributed by atoms with Crippen molar-refractivity contribution in [3.63, 3.8) is 0 Å². The van der Waals surface area contributed by atoms with E-state index in [0.717, 1.165) is 11.8 Å². The number of non-ortho nitro benzene ring substituents is 1. The predicted molar refractivity (Wildman–Crippen MR) is 72.5 cm³/mol. The zero-order valence-electron chi connectivity index (χ0n) is 9.61. The molecule has 0 aliphatic carbocycles. The van der Waals surface area contributed by atoms with Crippen LogP contribution in [-0.4, -0.2) is 14.9 Å². The van der Waals surface area contributed by atoms with E-state index in [0.29, 0.717) is 10.1 Å². The van der Waals surface area contributed by atoms with Crippen LogP contribution in [0.5, 0.6) is 0 Å². The van der Waals surface area contributed by atoms with Gasteiger partial charge in [-0.3, -0.25) is 10.1 Å². The number of nitro groups is 1. The number of hydrogen-bond acceptors (Lipinski definition) is 8. The third-order valence-electron chi connectivity index (χ3n) is 2.15. The van der Waals surface area contributed by atoms with Crippen LogP contribution in [0.15, 0.2) is 34.3 Å². The van der Waals surface area contributed by atoms with Gasteiger partial charge in [0.1, 0.15) is 11.6 Å². The Hall–Kier alpha value is -2.55. The molecule has 9 heteroatoms. The average molecular weight is 278 g/mol. The fourth-order valence-corrected chi connectivity index (χ4v) is 2.16. The SMILES string of the molecule is Nc1cc(N)nc(Sc2ccc([N+](=O)[O-])cc2N)n1. The third-order valence-corrected chi connectivity index (χ3v) is 3.11. The Morgan fingerprint density at radius 1 is 1.11 bits per heavy atom. The Balaban J connectivity index is 2.30. The first-order valence-corrected chi connectivity index (χ1v) is 5.89. The molecule has 8 nitrogen and oxygen atoms in total. The molecule has 0 bridgehead atoms. The van der Waals surface area contributed by atoms with Crippen molar-refractivity contribution in [2.45, 2.75) is 10.1 Å². The molecule has 0 aliphatic heterocycles. The van der Waals surface area contributed by atoms with Crippen LogP contribution < -0.4 is 17.2 Å². The summed E-state index contributed by atoms with van der Waals surface area (Å²) < 4.78 is 0. The molecular formula is C10H10N6O2S. The Morgan fingerprint density at radius 2 is 1.74 bits per heavy atom. The van der Waals surface area contributed by atoms with Gasteiger partial charge in [0, 0.05) is 23.1 Å². The van der Waals surface area contributed by atoms with Crippen molar-refractivity contribution in [1.82, 2.24) is 9.97 Å². The van der Waals surface area contributed by atoms with E-state index in [1.807, 2.05) is 0 Å². The molecule has 0 spiro atoms. The summed E-state index contributed by atoms with van der Waals surface area (Å²) in [5, 5.41) is 10.9. The number of aromatic nitrogens is 2. The Kier molecular flexibility index (Phi) is 3.38. The molecule has 0 saturated heterocycles. The summed E-state index contributed by atoms with van der Waals surface area (Å²) in [5.74, 6) is 0.492. The summed E-state index contributed by atoms with van der Waals surface area (Å²) in [6.45, 7) is 0. The van der Waals surface area contributed by atoms with E-state index in [1.165, 1.54) is 24.3 Å². The predicted octanol–water partition coefficient (Wildman–Crippen LogP) is 1.28. The summed E-state index contributed by atoms with van der Waals surface area (Å²) in [7, 11) is 0. The van der Waals surface area contributed by atoms with E-state index < -0.39 is 4.92 Å². The number of nitrogen functional groups attached to an aromatic ring is 3. The quantitative estimate of drug-likeness (QED) is 0.329. The second-order valence-corrected chi connectivity index (χ2v) is 4.59. The van der Waals surface area contributed by atoms with E-state index >= 15 is 0 Å². The second-order valence-electron chi connectivity index (χ2n) is 3.58. The van der Waals surface area contributed by atoms with Crippen molar-refractivity contribution in [1.29, 1.82) is 0 Å². The molecule has 1 heterocycles. The standard InChI is InChI=1S/C10H10N6O2S/c11-6-3-5(16(17)18)1-2-7(6)19-10-14-8(12)4-9(13)15-10/h1-4H,11H2,(H4,12,13,14,15). The summed E-state index contributed by atoms with van der Waals surface area (Å²) in [6, 6.07) is 5.59. The Labute approximate surface area is 112 Å². The molecule has 0 aliphatic rings. The maximum atomic E-state index is 10.6. The van der Waals surface area contributed by atoms with E-state index in [-0.39, 0.29) is 23.0 Å². The van der Waals surface area contributed by atoms with Crippen LogP contribution in [0, 0.1) is 10.1 Å². The van der Waals surface area contributed by atoms with Crippen molar-refractivity contribution in [2.24, 2.45) is 0 Å². The summed E-state index contributed by atoms with van der Waals surface area (Å²) in [6.07, 6.45) is 0. The van der Waals surface area contributed by atoms with Crippen LogP contribution in [0.25, 0.3) is 0 Å². The van der Waals surface area contributed by atoms with Crippen molar-refractivity contribution < 1.29 is 4.92 Å². The number of anilines is 3. The molecule has 2 rings (SSSR count). The zero-order valence-corrected chi connectivity index (χ0v) is 10.4. The summed E-state index contributed by atoms with van der Waals surface area (Å²) in [4.78, 5) is 18.7. The molecule has 6 N–H and O–H groups in total. The summed E-state index contributed by atoms with van der Waals surface area (Å²) in [5.41, 5.74) is 17.0. The van der Waals surface area contributed by atoms with E-state index in [2.05, 4.69) is 9.97 Å². The van der Waals surface area contributed by atoms with Crippen molar-refractivity contribution >= 4 is 34.8 Å². The minimum absolute atomic E-state index is 0.0742. The topological polar surface area (TPSA) is 147 Å². The van der Waals surface area contributed by atoms with Gasteiger partial charge in [-0.2, -0.15) is 0 Å². The normalized spacial score (nSPS) is 10.3. The maximum Gasteiger partial charge on any atom is 0.271 e. The lowest BCUT2D eigenvalue weighted by atomic mass is 10.3. The summed E-state index contributed by atoms with van der Waals surface area (Å²) >= 11 is 1.13. The monoisotopic (exact) mass is 278 g/mol. The molecule has 0 atom stereocenters. The number of rotatable bonds is 3. The van der Waals surface area contributed by atoms with E-state index in [4.69, 9.17) is 17.2 Å². The Morgan fingerprint density at radius 3 is 2.26 bits per heavy atom. The molecule has 0 amide bonds. The Bertz CT molecular complexity index is 628. The van der Waals surface area contributed by atoms with Gasteiger partial charge in [0.2, 0.25) is 0 Å². The molecule has 19 heavy (non-hydrogen) atoms. The fraction of sp³-hybridized carbons (Fsp3) is 0. The highest BCUT2D eigenvalue weighted by atomic mass is 32.2. The number of nitrogens with two attached hydrogens (primary N) is 3. The lowest BCUT2D eigenvalue weighted by Crippen LogP contribution is -1.99. The molecule has 1 aromatic carbocycles. The van der Waals surface area contributed by atoms with E-state index in [1.54, 1.807) is 0 Å². The van der Waals surface area contributed by atoms with Gasteiger partial charge in [-0.25, -0.2) is 9.97 Å². The first-order valence-electron chi connectivity index (χ1n) is 5.07. The van der Waals surface area contributed by atoms with Gasteiger partial charge < -0.3 is 17.2 Å². The first kappa shape index (κ1) is 12.9. The molecular weight excluding hydrogens is 268 g/mol. The average Bonchev–Trinajstić information content (AvgIpc) is 2.30. The molecule has 0 unspecified atom stereocenters. The zero-order chi connectivity index (χ0) is 14.0. The molecule has 0 fully saturated rings. The van der Waals surface area contributed by atoms with Crippen molar-refractivity contribution in [3.05, 3.63) is 34.4 Å². The van der Waals surface area contributed by atoms with Crippen LogP contribution in [0.3, 0.4) is 0 Å². The van der Waals surface area contributed by atoms with Gasteiger partial charge in [0.15, 0.2) is 5.16 Å². The number of hydrogen-bond donors (Lipinski definition) is 3. The minimum atomic E-state index is -0.514. The molecule has 98 valence electrons. The molecule has 0 saturated carbocycles. The van der Waals surface area contributed by atoms with Gasteiger partial charge in [0.25, 0.3) is 5.69 Å². The van der Waals surface area contributed by atoms with Crippen LogP contribution in [-0.2, 0) is 0 Å². The lowest BCUT2D eigenvalue weighted by Gasteiger charge is -2.05. The number of nitrogens with zero attached hydrogens (tertiary/aromatic N) is 3. The third kappa shape index (κ3) is 3.01. The highest BCUT2D eigenvalue weighted by Gasteiger charge is 2.11. The van der Waals surface area contributed by atoms with Gasteiger partial charge >= 0.3 is 0 Å². The van der Waals surface area contributed by atoms with Crippen LogP contribution >= 0.6 is 11.8 Å². The van der Waals surface area contributed by atoms with Crippen molar-refractivity contribution in [3.8, 4) is 0 Å². The number of benzene rings is 1. The van der Waals surface area contributed by atoms with Gasteiger partial charge in [-0.15, -0.1) is 0 Å². The van der Waals surface area contributed by atoms with E-state index in [9.17, 15) is 10.1 Å². The molecule has 0 radical (unpaired) electrons. The maximum absolute atomic E-state index is 10.6. The molecule has 2 aromatic rings. The lowest BCUT2D eigenvalue weighted by molar-refractivity contribution is -0.384.